The molecule has 0 aromatic carbocycles. The van der Waals surface area contributed by atoms with E-state index in [-0.39, 0.29) is 25.7 Å². The lowest BCUT2D eigenvalue weighted by Crippen LogP contribution is -2.30. The van der Waals surface area contributed by atoms with Crippen LogP contribution in [0.25, 0.3) is 0 Å². The minimum atomic E-state index is -4.95. The first-order chi connectivity index (χ1) is 41.6. The van der Waals surface area contributed by atoms with Crippen LogP contribution in [0.5, 0.6) is 0 Å². The van der Waals surface area contributed by atoms with Crippen LogP contribution in [0.15, 0.2) is 0 Å². The molecule has 0 heterocycles. The van der Waals surface area contributed by atoms with Crippen molar-refractivity contribution >= 4 is 39.5 Å². The van der Waals surface area contributed by atoms with E-state index in [0.717, 1.165) is 114 Å². The summed E-state index contributed by atoms with van der Waals surface area (Å²) >= 11 is 0. The average Bonchev–Trinajstić information content (AvgIpc) is 3.69. The van der Waals surface area contributed by atoms with E-state index in [1.807, 2.05) is 0 Å². The number of esters is 4. The van der Waals surface area contributed by atoms with Crippen LogP contribution in [0, 0.1) is 23.7 Å². The summed E-state index contributed by atoms with van der Waals surface area (Å²) in [6.07, 6.45) is 39.1. The van der Waals surface area contributed by atoms with Gasteiger partial charge in [0.25, 0.3) is 0 Å². The summed E-state index contributed by atoms with van der Waals surface area (Å²) in [5.74, 6) is 0.817. The fourth-order valence-corrected chi connectivity index (χ4v) is 11.7. The third-order valence-corrected chi connectivity index (χ3v) is 17.8. The summed E-state index contributed by atoms with van der Waals surface area (Å²) in [4.78, 5) is 72.4. The standard InChI is InChI=1S/C68H132O17P2/c1-9-61(8)47-39-31-22-17-19-23-32-40-48-65(70)78-54-63(84-67(72)50-42-34-24-15-13-11-10-12-14-20-28-36-44-58(2)3)56-82-86(74,75)80-52-62(69)53-81-87(76,77)83-57-64(55-79-66(71)49-41-33-27-26-30-38-46-60(6)7)85-68(73)51-43-35-25-18-16-21-29-37-45-59(4)5/h58-64,69H,9-57H2,1-8H3,(H,74,75)(H,76,77)/t61?,62-,63-,64-/m1/s1. The van der Waals surface area contributed by atoms with E-state index < -0.39 is 97.5 Å². The van der Waals surface area contributed by atoms with E-state index in [0.29, 0.717) is 31.6 Å². The Balaban J connectivity index is 5.25. The third kappa shape index (κ3) is 61.3. The minimum Gasteiger partial charge on any atom is -0.462 e. The number of phosphoric ester groups is 2. The van der Waals surface area contributed by atoms with Gasteiger partial charge in [0.1, 0.15) is 19.3 Å². The van der Waals surface area contributed by atoms with Crippen molar-refractivity contribution in [2.24, 2.45) is 23.7 Å². The highest BCUT2D eigenvalue weighted by molar-refractivity contribution is 7.47. The Hall–Kier alpha value is -1.94. The zero-order chi connectivity index (χ0) is 64.7. The van der Waals surface area contributed by atoms with Crippen molar-refractivity contribution in [3.8, 4) is 0 Å². The molecule has 0 amide bonds. The second-order valence-electron chi connectivity index (χ2n) is 26.2. The lowest BCUT2D eigenvalue weighted by atomic mass is 9.99. The molecule has 0 saturated carbocycles. The van der Waals surface area contributed by atoms with Crippen molar-refractivity contribution in [2.75, 3.05) is 39.6 Å². The Morgan fingerprint density at radius 3 is 0.816 bits per heavy atom. The topological polar surface area (TPSA) is 237 Å². The van der Waals surface area contributed by atoms with Gasteiger partial charge in [0.05, 0.1) is 26.4 Å². The van der Waals surface area contributed by atoms with E-state index in [1.165, 1.54) is 128 Å². The highest BCUT2D eigenvalue weighted by Gasteiger charge is 2.30. The molecule has 0 bridgehead atoms. The smallest absolute Gasteiger partial charge is 0.462 e. The molecule has 0 radical (unpaired) electrons. The van der Waals surface area contributed by atoms with Gasteiger partial charge in [-0.05, 0) is 49.4 Å². The number of aliphatic hydroxyl groups excluding tert-OH is 1. The van der Waals surface area contributed by atoms with Gasteiger partial charge in [-0.25, -0.2) is 9.13 Å². The van der Waals surface area contributed by atoms with Crippen LogP contribution in [0.1, 0.15) is 331 Å². The first-order valence-corrected chi connectivity index (χ1v) is 38.2. The molecule has 0 aromatic rings. The lowest BCUT2D eigenvalue weighted by Gasteiger charge is -2.21. The predicted molar refractivity (Wildman–Crippen MR) is 349 cm³/mol. The van der Waals surface area contributed by atoms with E-state index in [4.69, 9.17) is 37.0 Å². The van der Waals surface area contributed by atoms with Gasteiger partial charge in [0.2, 0.25) is 0 Å². The van der Waals surface area contributed by atoms with Crippen LogP contribution in [0.4, 0.5) is 0 Å². The molecular weight excluding hydrogens is 1150 g/mol. The highest BCUT2D eigenvalue weighted by Crippen LogP contribution is 2.45. The third-order valence-electron chi connectivity index (χ3n) is 15.9. The number of carbonyl (C=O) groups is 4. The normalized spacial score (nSPS) is 14.6. The van der Waals surface area contributed by atoms with E-state index in [1.54, 1.807) is 0 Å². The van der Waals surface area contributed by atoms with Gasteiger partial charge in [-0.15, -0.1) is 0 Å². The maximum Gasteiger partial charge on any atom is 0.472 e. The molecule has 0 aliphatic rings. The van der Waals surface area contributed by atoms with Crippen LogP contribution >= 0.6 is 15.6 Å². The van der Waals surface area contributed by atoms with Crippen molar-refractivity contribution in [1.82, 2.24) is 0 Å². The van der Waals surface area contributed by atoms with E-state index >= 15 is 0 Å². The zero-order valence-corrected chi connectivity index (χ0v) is 58.4. The van der Waals surface area contributed by atoms with Crippen molar-refractivity contribution in [1.29, 1.82) is 0 Å². The molecule has 0 aromatic heterocycles. The van der Waals surface area contributed by atoms with Crippen LogP contribution in [0.3, 0.4) is 0 Å². The first-order valence-electron chi connectivity index (χ1n) is 35.2. The average molecular weight is 1280 g/mol. The van der Waals surface area contributed by atoms with E-state index in [9.17, 15) is 43.2 Å². The number of aliphatic hydroxyl groups is 1. The van der Waals surface area contributed by atoms with E-state index in [2.05, 4.69) is 55.4 Å². The molecule has 3 N–H and O–H groups in total. The maximum absolute atomic E-state index is 13.0. The number of unbranched alkanes of at least 4 members (excludes halogenated alkanes) is 30. The fourth-order valence-electron chi connectivity index (χ4n) is 10.1. The van der Waals surface area contributed by atoms with Crippen LogP contribution < -0.4 is 0 Å². The molecule has 0 rings (SSSR count). The van der Waals surface area contributed by atoms with Gasteiger partial charge in [0, 0.05) is 25.7 Å². The van der Waals surface area contributed by atoms with Crippen molar-refractivity contribution < 1.29 is 80.2 Å². The quantitative estimate of drug-likeness (QED) is 0.0222. The second kappa shape index (κ2) is 57.9. The Morgan fingerprint density at radius 1 is 0.322 bits per heavy atom. The Bertz CT molecular complexity index is 1730. The van der Waals surface area contributed by atoms with Crippen molar-refractivity contribution in [3.63, 3.8) is 0 Å². The summed E-state index contributed by atoms with van der Waals surface area (Å²) in [6, 6.07) is 0. The van der Waals surface area contributed by atoms with Gasteiger partial charge >= 0.3 is 39.5 Å². The summed E-state index contributed by atoms with van der Waals surface area (Å²) in [6.45, 7) is 14.0. The van der Waals surface area contributed by atoms with Crippen molar-refractivity contribution in [3.05, 3.63) is 0 Å². The first kappa shape index (κ1) is 85.1. The number of carbonyl (C=O) groups excluding carboxylic acids is 4. The molecule has 0 spiro atoms. The summed E-state index contributed by atoms with van der Waals surface area (Å²) in [5.41, 5.74) is 0. The molecule has 0 aliphatic carbocycles. The van der Waals surface area contributed by atoms with Crippen LogP contribution in [-0.2, 0) is 65.4 Å². The summed E-state index contributed by atoms with van der Waals surface area (Å²) in [5, 5.41) is 10.6. The van der Waals surface area contributed by atoms with Crippen LogP contribution in [0.2, 0.25) is 0 Å². The summed E-state index contributed by atoms with van der Waals surface area (Å²) < 4.78 is 68.2. The Labute approximate surface area is 530 Å². The highest BCUT2D eigenvalue weighted by atomic mass is 31.2. The molecule has 6 atom stereocenters. The molecule has 0 saturated heterocycles. The molecule has 87 heavy (non-hydrogen) atoms. The maximum atomic E-state index is 13.0. The monoisotopic (exact) mass is 1280 g/mol. The number of rotatable bonds is 65. The zero-order valence-electron chi connectivity index (χ0n) is 56.6. The van der Waals surface area contributed by atoms with Crippen LogP contribution in [-0.4, -0.2) is 96.7 Å². The number of phosphoric acid groups is 2. The number of hydrogen-bond acceptors (Lipinski definition) is 15. The number of ether oxygens (including phenoxy) is 4. The fraction of sp³-hybridized carbons (Fsp3) is 0.941. The molecule has 0 aliphatic heterocycles. The lowest BCUT2D eigenvalue weighted by molar-refractivity contribution is -0.161. The molecular formula is C68H132O17P2. The molecule has 17 nitrogen and oxygen atoms in total. The SMILES string of the molecule is CCC(C)CCCCCCCCCCC(=O)OC[C@H](COP(=O)(O)OC[C@@H](O)COP(=O)(O)OC[C@@H](COC(=O)CCCCCCCCC(C)C)OC(=O)CCCCCCCCCCC(C)C)OC(=O)CCCCCCCCCCCCCCC(C)C. The van der Waals surface area contributed by atoms with Gasteiger partial charge in [-0.2, -0.15) is 0 Å². The van der Waals surface area contributed by atoms with Gasteiger partial charge in [0.15, 0.2) is 12.2 Å². The molecule has 19 heteroatoms. The number of hydrogen-bond donors (Lipinski definition) is 3. The predicted octanol–water partition coefficient (Wildman–Crippen LogP) is 18.9. The summed E-state index contributed by atoms with van der Waals surface area (Å²) in [7, 11) is -9.90. The van der Waals surface area contributed by atoms with Gasteiger partial charge in [-0.1, -0.05) is 280 Å². The van der Waals surface area contributed by atoms with Crippen molar-refractivity contribution in [2.45, 2.75) is 350 Å². The van der Waals surface area contributed by atoms with Gasteiger partial charge in [-0.3, -0.25) is 37.3 Å². The molecule has 516 valence electrons. The second-order valence-corrected chi connectivity index (χ2v) is 29.1. The Kier molecular flexibility index (Phi) is 56.6. The van der Waals surface area contributed by atoms with Gasteiger partial charge < -0.3 is 33.8 Å². The Morgan fingerprint density at radius 2 is 0.552 bits per heavy atom. The molecule has 0 fully saturated rings. The largest absolute Gasteiger partial charge is 0.472 e. The molecule has 3 unspecified atom stereocenters. The minimum absolute atomic E-state index is 0.103.